The number of hydrogen-bond acceptors (Lipinski definition) is 1. The Balaban J connectivity index is 2.07. The van der Waals surface area contributed by atoms with Crippen LogP contribution in [0.4, 0.5) is 0 Å². The number of halogens is 1. The summed E-state index contributed by atoms with van der Waals surface area (Å²) in [5.74, 6) is 1.29. The molecule has 0 unspecified atom stereocenters. The van der Waals surface area contributed by atoms with Gasteiger partial charge in [0.25, 0.3) is 0 Å². The predicted octanol–water partition coefficient (Wildman–Crippen LogP) is 5.26. The molecular weight excluding hydrogens is 300 g/mol. The molecule has 102 valence electrons. The first-order valence-electron chi connectivity index (χ1n) is 7.46. The highest BCUT2D eigenvalue weighted by Gasteiger charge is 2.22. The molecule has 1 heterocycles. The van der Waals surface area contributed by atoms with Crippen molar-refractivity contribution in [3.8, 4) is 0 Å². The average molecular weight is 321 g/mol. The summed E-state index contributed by atoms with van der Waals surface area (Å²) in [5.41, 5.74) is 2.47. The van der Waals surface area contributed by atoms with E-state index in [0.717, 1.165) is 16.4 Å². The van der Waals surface area contributed by atoms with Crippen molar-refractivity contribution >= 4 is 27.0 Å². The van der Waals surface area contributed by atoms with E-state index in [1.807, 2.05) is 0 Å². The Hall–Kier alpha value is -0.830. The summed E-state index contributed by atoms with van der Waals surface area (Å²) in [6.45, 7) is 2.25. The molecule has 1 saturated carbocycles. The minimum absolute atomic E-state index is 0.679. The molecule has 0 aliphatic heterocycles. The van der Waals surface area contributed by atoms with Crippen LogP contribution in [0.5, 0.6) is 0 Å². The fraction of sp³-hybridized carbons (Fsp3) is 0.562. The highest BCUT2D eigenvalue weighted by molar-refractivity contribution is 9.10. The zero-order valence-corrected chi connectivity index (χ0v) is 13.1. The maximum atomic E-state index is 4.89. The van der Waals surface area contributed by atoms with Crippen LogP contribution >= 0.6 is 15.9 Å². The first-order chi connectivity index (χ1) is 9.29. The number of imidazole rings is 1. The van der Waals surface area contributed by atoms with Crippen molar-refractivity contribution in [2.45, 2.75) is 57.9 Å². The molecule has 0 bridgehead atoms. The third-order valence-corrected chi connectivity index (χ3v) is 4.66. The van der Waals surface area contributed by atoms with E-state index >= 15 is 0 Å². The average Bonchev–Trinajstić information content (AvgIpc) is 3.01. The van der Waals surface area contributed by atoms with Gasteiger partial charge in [0.05, 0.1) is 11.0 Å². The second-order valence-corrected chi connectivity index (χ2v) is 6.49. The van der Waals surface area contributed by atoms with Gasteiger partial charge in [0.2, 0.25) is 0 Å². The van der Waals surface area contributed by atoms with Crippen molar-refractivity contribution in [2.75, 3.05) is 0 Å². The third kappa shape index (κ3) is 2.58. The highest BCUT2D eigenvalue weighted by Crippen LogP contribution is 2.34. The van der Waals surface area contributed by atoms with E-state index < -0.39 is 0 Å². The summed E-state index contributed by atoms with van der Waals surface area (Å²) in [7, 11) is 0. The normalized spacial score (nSPS) is 16.5. The van der Waals surface area contributed by atoms with Crippen LogP contribution in [0.2, 0.25) is 0 Å². The minimum Gasteiger partial charge on any atom is -0.325 e. The Morgan fingerprint density at radius 1 is 1.32 bits per heavy atom. The molecule has 3 rings (SSSR count). The van der Waals surface area contributed by atoms with Gasteiger partial charge in [-0.05, 0) is 37.5 Å². The Morgan fingerprint density at radius 2 is 2.11 bits per heavy atom. The molecule has 1 fully saturated rings. The SMILES string of the molecule is CCCCc1nc2cc(Br)ccc2n1C1CCCC1. The third-order valence-electron chi connectivity index (χ3n) is 4.17. The molecular formula is C16H21BrN2. The molecule has 0 radical (unpaired) electrons. The van der Waals surface area contributed by atoms with Gasteiger partial charge < -0.3 is 4.57 Å². The summed E-state index contributed by atoms with van der Waals surface area (Å²) in [6, 6.07) is 7.19. The Morgan fingerprint density at radius 3 is 2.84 bits per heavy atom. The van der Waals surface area contributed by atoms with Crippen LogP contribution in [0.25, 0.3) is 11.0 Å². The lowest BCUT2D eigenvalue weighted by molar-refractivity contribution is 0.506. The molecule has 0 N–H and O–H groups in total. The number of hydrogen-bond donors (Lipinski definition) is 0. The van der Waals surface area contributed by atoms with Crippen LogP contribution in [0.15, 0.2) is 22.7 Å². The lowest BCUT2D eigenvalue weighted by Crippen LogP contribution is -2.09. The monoisotopic (exact) mass is 320 g/mol. The van der Waals surface area contributed by atoms with E-state index in [0.29, 0.717) is 6.04 Å². The van der Waals surface area contributed by atoms with Crippen molar-refractivity contribution in [1.82, 2.24) is 9.55 Å². The topological polar surface area (TPSA) is 17.8 Å². The van der Waals surface area contributed by atoms with E-state index in [9.17, 15) is 0 Å². The van der Waals surface area contributed by atoms with Gasteiger partial charge in [0, 0.05) is 16.9 Å². The summed E-state index contributed by atoms with van der Waals surface area (Å²) in [4.78, 5) is 4.89. The van der Waals surface area contributed by atoms with Crippen molar-refractivity contribution in [3.63, 3.8) is 0 Å². The van der Waals surface area contributed by atoms with Crippen molar-refractivity contribution in [2.24, 2.45) is 0 Å². The van der Waals surface area contributed by atoms with Gasteiger partial charge in [-0.15, -0.1) is 0 Å². The number of benzene rings is 1. The lowest BCUT2D eigenvalue weighted by atomic mass is 10.2. The van der Waals surface area contributed by atoms with E-state index in [1.165, 1.54) is 49.9 Å². The molecule has 0 spiro atoms. The summed E-state index contributed by atoms with van der Waals surface area (Å²) in [6.07, 6.45) is 8.96. The standard InChI is InChI=1S/C16H21BrN2/c1-2-3-8-16-18-14-11-12(17)9-10-15(14)19(16)13-6-4-5-7-13/h9-11,13H,2-8H2,1H3. The quantitative estimate of drug-likeness (QED) is 0.751. The maximum absolute atomic E-state index is 4.89. The minimum atomic E-state index is 0.679. The predicted molar refractivity (Wildman–Crippen MR) is 83.6 cm³/mol. The fourth-order valence-electron chi connectivity index (χ4n) is 3.20. The Labute approximate surface area is 123 Å². The molecule has 0 atom stereocenters. The molecule has 1 aromatic carbocycles. The summed E-state index contributed by atoms with van der Waals surface area (Å²) in [5, 5.41) is 0. The molecule has 1 aliphatic carbocycles. The molecule has 0 saturated heterocycles. The van der Waals surface area contributed by atoms with Gasteiger partial charge in [-0.2, -0.15) is 0 Å². The van der Waals surface area contributed by atoms with Gasteiger partial charge in [-0.25, -0.2) is 4.98 Å². The highest BCUT2D eigenvalue weighted by atomic mass is 79.9. The number of nitrogens with zero attached hydrogens (tertiary/aromatic N) is 2. The molecule has 1 aliphatic rings. The number of rotatable bonds is 4. The largest absolute Gasteiger partial charge is 0.325 e. The summed E-state index contributed by atoms with van der Waals surface area (Å²) >= 11 is 3.55. The van der Waals surface area contributed by atoms with E-state index in [1.54, 1.807) is 0 Å². The lowest BCUT2D eigenvalue weighted by Gasteiger charge is -2.16. The van der Waals surface area contributed by atoms with Crippen LogP contribution in [0, 0.1) is 0 Å². The van der Waals surface area contributed by atoms with Gasteiger partial charge in [-0.1, -0.05) is 42.1 Å². The zero-order valence-electron chi connectivity index (χ0n) is 11.5. The number of aromatic nitrogens is 2. The van der Waals surface area contributed by atoms with Gasteiger partial charge in [0.15, 0.2) is 0 Å². The molecule has 19 heavy (non-hydrogen) atoms. The van der Waals surface area contributed by atoms with Crippen LogP contribution in [-0.2, 0) is 6.42 Å². The number of unbranched alkanes of at least 4 members (excludes halogenated alkanes) is 1. The van der Waals surface area contributed by atoms with Crippen molar-refractivity contribution < 1.29 is 0 Å². The zero-order chi connectivity index (χ0) is 13.2. The molecule has 2 nitrogen and oxygen atoms in total. The molecule has 3 heteroatoms. The van der Waals surface area contributed by atoms with Gasteiger partial charge in [0.1, 0.15) is 5.82 Å². The fourth-order valence-corrected chi connectivity index (χ4v) is 3.55. The summed E-state index contributed by atoms with van der Waals surface area (Å²) < 4.78 is 3.66. The second kappa shape index (κ2) is 5.66. The van der Waals surface area contributed by atoms with Crippen molar-refractivity contribution in [3.05, 3.63) is 28.5 Å². The van der Waals surface area contributed by atoms with Crippen LogP contribution < -0.4 is 0 Å². The maximum Gasteiger partial charge on any atom is 0.110 e. The van der Waals surface area contributed by atoms with E-state index in [-0.39, 0.29) is 0 Å². The molecule has 0 amide bonds. The first kappa shape index (κ1) is 13.2. The molecule has 2 aromatic rings. The smallest absolute Gasteiger partial charge is 0.110 e. The Bertz CT molecular complexity index is 567. The Kier molecular flexibility index (Phi) is 3.92. The van der Waals surface area contributed by atoms with E-state index in [4.69, 9.17) is 4.98 Å². The van der Waals surface area contributed by atoms with Gasteiger partial charge in [-0.3, -0.25) is 0 Å². The first-order valence-corrected chi connectivity index (χ1v) is 8.25. The van der Waals surface area contributed by atoms with Crippen molar-refractivity contribution in [1.29, 1.82) is 0 Å². The van der Waals surface area contributed by atoms with Gasteiger partial charge >= 0.3 is 0 Å². The second-order valence-electron chi connectivity index (χ2n) is 5.57. The van der Waals surface area contributed by atoms with E-state index in [2.05, 4.69) is 45.6 Å². The van der Waals surface area contributed by atoms with Crippen LogP contribution in [-0.4, -0.2) is 9.55 Å². The number of fused-ring (bicyclic) bond motifs is 1. The molecule has 1 aromatic heterocycles. The number of aryl methyl sites for hydroxylation is 1. The van der Waals surface area contributed by atoms with Crippen LogP contribution in [0.3, 0.4) is 0 Å². The van der Waals surface area contributed by atoms with Crippen LogP contribution in [0.1, 0.15) is 57.3 Å².